The molecule has 0 aliphatic heterocycles. The van der Waals surface area contributed by atoms with Crippen molar-refractivity contribution in [2.75, 3.05) is 19.4 Å². The zero-order chi connectivity index (χ0) is 26.6. The smallest absolute Gasteiger partial charge is 0.243 e. The van der Waals surface area contributed by atoms with Gasteiger partial charge in [0.2, 0.25) is 11.8 Å². The number of methoxy groups -OCH3 is 1. The zero-order valence-corrected chi connectivity index (χ0v) is 23.1. The van der Waals surface area contributed by atoms with E-state index < -0.39 is 6.04 Å². The molecule has 0 aliphatic rings. The highest BCUT2D eigenvalue weighted by atomic mass is 32.2. The summed E-state index contributed by atoms with van der Waals surface area (Å²) < 4.78 is 5.40. The van der Waals surface area contributed by atoms with Crippen LogP contribution in [0.3, 0.4) is 0 Å². The number of nitrogens with one attached hydrogen (secondary N) is 1. The van der Waals surface area contributed by atoms with Crippen molar-refractivity contribution in [1.82, 2.24) is 10.2 Å². The lowest BCUT2D eigenvalue weighted by Crippen LogP contribution is -2.51. The van der Waals surface area contributed by atoms with Gasteiger partial charge in [-0.05, 0) is 47.2 Å². The molecule has 5 nitrogen and oxygen atoms in total. The van der Waals surface area contributed by atoms with E-state index in [4.69, 9.17) is 4.74 Å². The maximum absolute atomic E-state index is 13.7. The van der Waals surface area contributed by atoms with Gasteiger partial charge >= 0.3 is 0 Å². The first-order valence-corrected chi connectivity index (χ1v) is 13.9. The second-order valence-corrected chi connectivity index (χ2v) is 10.6. The van der Waals surface area contributed by atoms with Crippen molar-refractivity contribution in [3.63, 3.8) is 0 Å². The lowest BCUT2D eigenvalue weighted by Gasteiger charge is -2.32. The second-order valence-electron chi connectivity index (χ2n) is 9.64. The van der Waals surface area contributed by atoms with E-state index in [2.05, 4.69) is 38.2 Å². The molecule has 3 rings (SSSR count). The number of amides is 2. The molecule has 0 saturated heterocycles. The molecule has 2 amide bonds. The van der Waals surface area contributed by atoms with Crippen LogP contribution in [0.4, 0.5) is 0 Å². The number of nitrogens with zero attached hydrogens (tertiary/aromatic N) is 1. The fraction of sp³-hybridized carbons (Fsp3) is 0.355. The Morgan fingerprint density at radius 3 is 2.35 bits per heavy atom. The Balaban J connectivity index is 1.87. The Morgan fingerprint density at radius 2 is 1.65 bits per heavy atom. The van der Waals surface area contributed by atoms with Gasteiger partial charge < -0.3 is 15.0 Å². The van der Waals surface area contributed by atoms with Crippen LogP contribution >= 0.6 is 11.8 Å². The molecule has 0 unspecified atom stereocenters. The number of ether oxygens (including phenoxy) is 1. The Hall–Kier alpha value is -3.25. The fourth-order valence-corrected chi connectivity index (χ4v) is 5.03. The van der Waals surface area contributed by atoms with Crippen LogP contribution < -0.4 is 10.1 Å². The minimum atomic E-state index is -0.626. The summed E-state index contributed by atoms with van der Waals surface area (Å²) in [5.74, 6) is 1.89. The van der Waals surface area contributed by atoms with E-state index in [0.29, 0.717) is 31.2 Å². The van der Waals surface area contributed by atoms with Crippen molar-refractivity contribution in [1.29, 1.82) is 0 Å². The van der Waals surface area contributed by atoms with Crippen LogP contribution in [0.1, 0.15) is 36.1 Å². The van der Waals surface area contributed by atoms with Gasteiger partial charge in [-0.3, -0.25) is 9.59 Å². The second kappa shape index (κ2) is 14.5. The molecule has 0 saturated carbocycles. The monoisotopic (exact) mass is 518 g/mol. The quantitative estimate of drug-likeness (QED) is 0.318. The molecule has 6 heteroatoms. The molecule has 0 aromatic heterocycles. The van der Waals surface area contributed by atoms with Gasteiger partial charge in [-0.1, -0.05) is 80.6 Å². The van der Waals surface area contributed by atoms with Gasteiger partial charge in [-0.2, -0.15) is 0 Å². The molecule has 1 atom stereocenters. The number of carbonyl (C=O) groups excluding carboxylic acids is 2. The summed E-state index contributed by atoms with van der Waals surface area (Å²) in [5.41, 5.74) is 4.37. The SMILES string of the molecule is COc1cccc(CN(C(=O)CSCc2ccccc2C)[C@H](Cc2ccccc2)C(=O)NCC(C)C)c1. The van der Waals surface area contributed by atoms with Crippen LogP contribution in [0.25, 0.3) is 0 Å². The molecule has 1 N–H and O–H groups in total. The maximum atomic E-state index is 13.7. The molecular weight excluding hydrogens is 480 g/mol. The Kier molecular flexibility index (Phi) is 11.1. The van der Waals surface area contributed by atoms with Gasteiger partial charge in [0.05, 0.1) is 12.9 Å². The number of carbonyl (C=O) groups is 2. The average Bonchev–Trinajstić information content (AvgIpc) is 2.91. The van der Waals surface area contributed by atoms with Crippen LogP contribution in [0.2, 0.25) is 0 Å². The molecule has 0 heterocycles. The highest BCUT2D eigenvalue weighted by Gasteiger charge is 2.30. The third-order valence-corrected chi connectivity index (χ3v) is 7.15. The zero-order valence-electron chi connectivity index (χ0n) is 22.3. The lowest BCUT2D eigenvalue weighted by molar-refractivity contribution is -0.139. The van der Waals surface area contributed by atoms with E-state index >= 15 is 0 Å². The molecule has 0 bridgehead atoms. The van der Waals surface area contributed by atoms with E-state index in [1.165, 1.54) is 11.1 Å². The summed E-state index contributed by atoms with van der Waals surface area (Å²) in [5, 5.41) is 3.07. The minimum Gasteiger partial charge on any atom is -0.497 e. The predicted octanol–water partition coefficient (Wildman–Crippen LogP) is 5.65. The highest BCUT2D eigenvalue weighted by molar-refractivity contribution is 7.99. The van der Waals surface area contributed by atoms with E-state index in [1.54, 1.807) is 23.8 Å². The number of hydrogen-bond acceptors (Lipinski definition) is 4. The minimum absolute atomic E-state index is 0.0537. The standard InChI is InChI=1S/C31H38N2O3S/c1-23(2)19-32-31(35)29(18-25-12-6-5-7-13-25)33(20-26-14-10-16-28(17-26)36-4)30(34)22-37-21-27-15-9-8-11-24(27)3/h5-17,23,29H,18-22H2,1-4H3,(H,32,35)/t29-/m1/s1. The molecule has 0 spiro atoms. The number of rotatable bonds is 13. The average molecular weight is 519 g/mol. The predicted molar refractivity (Wildman–Crippen MR) is 153 cm³/mol. The van der Waals surface area contributed by atoms with Crippen LogP contribution in [-0.2, 0) is 28.3 Å². The van der Waals surface area contributed by atoms with Crippen molar-refractivity contribution in [3.8, 4) is 5.75 Å². The molecule has 0 aliphatic carbocycles. The molecule has 196 valence electrons. The first-order valence-electron chi connectivity index (χ1n) is 12.7. The van der Waals surface area contributed by atoms with Crippen molar-refractivity contribution in [2.24, 2.45) is 5.92 Å². The highest BCUT2D eigenvalue weighted by Crippen LogP contribution is 2.21. The van der Waals surface area contributed by atoms with Crippen molar-refractivity contribution < 1.29 is 14.3 Å². The third-order valence-electron chi connectivity index (χ3n) is 6.19. The molecule has 3 aromatic carbocycles. The van der Waals surface area contributed by atoms with Crippen molar-refractivity contribution in [3.05, 3.63) is 101 Å². The summed E-state index contributed by atoms with van der Waals surface area (Å²) >= 11 is 1.58. The fourth-order valence-electron chi connectivity index (χ4n) is 4.05. The van der Waals surface area contributed by atoms with Crippen LogP contribution in [0.5, 0.6) is 5.75 Å². The largest absolute Gasteiger partial charge is 0.497 e. The Morgan fingerprint density at radius 1 is 0.946 bits per heavy atom. The lowest BCUT2D eigenvalue weighted by atomic mass is 10.0. The van der Waals surface area contributed by atoms with E-state index in [9.17, 15) is 9.59 Å². The molecule has 3 aromatic rings. The van der Waals surface area contributed by atoms with Crippen LogP contribution in [-0.4, -0.2) is 42.2 Å². The number of hydrogen-bond donors (Lipinski definition) is 1. The van der Waals surface area contributed by atoms with Crippen molar-refractivity contribution >= 4 is 23.6 Å². The van der Waals surface area contributed by atoms with Crippen molar-refractivity contribution in [2.45, 2.75) is 45.5 Å². The molecule has 0 radical (unpaired) electrons. The summed E-state index contributed by atoms with van der Waals surface area (Å²) in [7, 11) is 1.63. The summed E-state index contributed by atoms with van der Waals surface area (Å²) in [6, 6.07) is 25.2. The summed E-state index contributed by atoms with van der Waals surface area (Å²) in [4.78, 5) is 29.0. The molecule has 0 fully saturated rings. The molecule has 37 heavy (non-hydrogen) atoms. The Bertz CT molecular complexity index is 1150. The summed E-state index contributed by atoms with van der Waals surface area (Å²) in [6.07, 6.45) is 0.447. The summed E-state index contributed by atoms with van der Waals surface area (Å²) in [6.45, 7) is 7.10. The van der Waals surface area contributed by atoms with Crippen LogP contribution in [0, 0.1) is 12.8 Å². The first kappa shape index (κ1) is 28.3. The van der Waals surface area contributed by atoms with Crippen LogP contribution in [0.15, 0.2) is 78.9 Å². The first-order chi connectivity index (χ1) is 17.9. The topological polar surface area (TPSA) is 58.6 Å². The number of thioether (sulfide) groups is 1. The number of aryl methyl sites for hydroxylation is 1. The maximum Gasteiger partial charge on any atom is 0.243 e. The van der Waals surface area contributed by atoms with E-state index in [-0.39, 0.29) is 11.8 Å². The van der Waals surface area contributed by atoms with E-state index in [1.807, 2.05) is 66.7 Å². The van der Waals surface area contributed by atoms with Gasteiger partial charge in [-0.15, -0.1) is 11.8 Å². The van der Waals surface area contributed by atoms with E-state index in [0.717, 1.165) is 22.6 Å². The normalized spacial score (nSPS) is 11.7. The van der Waals surface area contributed by atoms with Gasteiger partial charge in [0, 0.05) is 25.3 Å². The van der Waals surface area contributed by atoms with Gasteiger partial charge in [0.15, 0.2) is 0 Å². The van der Waals surface area contributed by atoms with Gasteiger partial charge in [0.25, 0.3) is 0 Å². The Labute approximate surface area is 225 Å². The van der Waals surface area contributed by atoms with Gasteiger partial charge in [0.1, 0.15) is 11.8 Å². The number of benzene rings is 3. The third kappa shape index (κ3) is 8.97. The molecular formula is C31H38N2O3S. The van der Waals surface area contributed by atoms with Gasteiger partial charge in [-0.25, -0.2) is 0 Å².